The number of amides is 1. The summed E-state index contributed by atoms with van der Waals surface area (Å²) in [5, 5.41) is 2.71. The Labute approximate surface area is 116 Å². The third-order valence-corrected chi connectivity index (χ3v) is 3.05. The zero-order valence-electron chi connectivity index (χ0n) is 12.9. The Morgan fingerprint density at radius 2 is 1.79 bits per heavy atom. The lowest BCUT2D eigenvalue weighted by Crippen LogP contribution is -2.46. The van der Waals surface area contributed by atoms with Crippen molar-refractivity contribution >= 4 is 11.9 Å². The van der Waals surface area contributed by atoms with Crippen molar-refractivity contribution in [2.45, 2.75) is 59.5 Å². The minimum atomic E-state index is -0.593. The Kier molecular flexibility index (Phi) is 7.05. The van der Waals surface area contributed by atoms with E-state index in [9.17, 15) is 9.59 Å². The van der Waals surface area contributed by atoms with E-state index in [1.54, 1.807) is 0 Å². The molecule has 0 aliphatic carbocycles. The molecule has 19 heavy (non-hydrogen) atoms. The zero-order chi connectivity index (χ0) is 15.2. The van der Waals surface area contributed by atoms with E-state index in [4.69, 9.17) is 10.5 Å². The summed E-state index contributed by atoms with van der Waals surface area (Å²) in [6, 6.07) is -0.838. The van der Waals surface area contributed by atoms with Gasteiger partial charge >= 0.3 is 5.97 Å². The summed E-state index contributed by atoms with van der Waals surface area (Å²) in [4.78, 5) is 23.5. The molecule has 112 valence electrons. The summed E-state index contributed by atoms with van der Waals surface area (Å²) in [5.41, 5.74) is 5.82. The van der Waals surface area contributed by atoms with Gasteiger partial charge in [-0.25, -0.2) is 4.79 Å². The van der Waals surface area contributed by atoms with E-state index >= 15 is 0 Å². The molecule has 5 nitrogen and oxygen atoms in total. The summed E-state index contributed by atoms with van der Waals surface area (Å²) in [6.07, 6.45) is 0.762. The fourth-order valence-electron chi connectivity index (χ4n) is 1.59. The minimum absolute atomic E-state index is 0.143. The molecule has 1 amide bonds. The number of rotatable bonds is 6. The monoisotopic (exact) mass is 272 g/mol. The number of hydrogen-bond donors (Lipinski definition) is 2. The standard InChI is InChI=1S/C14H28N2O3/c1-9(2)7-10(13(18)19-6)16-12(17)8-11(15)14(3,4)5/h9-11H,7-8,15H2,1-6H3,(H,16,17)/t10-,11?/m0/s1. The lowest BCUT2D eigenvalue weighted by molar-refractivity contribution is -0.145. The van der Waals surface area contributed by atoms with E-state index in [1.807, 2.05) is 34.6 Å². The first-order valence-electron chi connectivity index (χ1n) is 6.70. The first-order chi connectivity index (χ1) is 8.57. The molecular formula is C14H28N2O3. The van der Waals surface area contributed by atoms with Gasteiger partial charge < -0.3 is 15.8 Å². The largest absolute Gasteiger partial charge is 0.467 e. The zero-order valence-corrected chi connectivity index (χ0v) is 12.9. The van der Waals surface area contributed by atoms with Gasteiger partial charge in [0.05, 0.1) is 7.11 Å². The molecule has 0 aliphatic heterocycles. The summed E-state index contributed by atoms with van der Waals surface area (Å²) in [5.74, 6) is -0.328. The summed E-state index contributed by atoms with van der Waals surface area (Å²) in [6.45, 7) is 9.93. The Bertz CT molecular complexity index is 308. The van der Waals surface area contributed by atoms with Crippen molar-refractivity contribution in [2.24, 2.45) is 17.1 Å². The third-order valence-electron chi connectivity index (χ3n) is 3.05. The predicted molar refractivity (Wildman–Crippen MR) is 75.4 cm³/mol. The smallest absolute Gasteiger partial charge is 0.328 e. The number of esters is 1. The van der Waals surface area contributed by atoms with Crippen LogP contribution in [0.25, 0.3) is 0 Å². The SMILES string of the molecule is COC(=O)[C@H](CC(C)C)NC(=O)CC(N)C(C)(C)C. The summed E-state index contributed by atoms with van der Waals surface area (Å²) >= 11 is 0. The van der Waals surface area contributed by atoms with Gasteiger partial charge in [-0.2, -0.15) is 0 Å². The highest BCUT2D eigenvalue weighted by molar-refractivity contribution is 5.84. The van der Waals surface area contributed by atoms with E-state index in [0.29, 0.717) is 12.3 Å². The van der Waals surface area contributed by atoms with Crippen LogP contribution >= 0.6 is 0 Å². The molecule has 3 N–H and O–H groups in total. The van der Waals surface area contributed by atoms with E-state index in [1.165, 1.54) is 7.11 Å². The second-order valence-corrected chi connectivity index (χ2v) is 6.45. The molecule has 0 heterocycles. The Morgan fingerprint density at radius 3 is 2.16 bits per heavy atom. The summed E-state index contributed by atoms with van der Waals surface area (Å²) in [7, 11) is 1.32. The maximum Gasteiger partial charge on any atom is 0.328 e. The van der Waals surface area contributed by atoms with Crippen LogP contribution in [-0.4, -0.2) is 31.1 Å². The second kappa shape index (κ2) is 7.48. The molecule has 0 fully saturated rings. The van der Waals surface area contributed by atoms with Crippen molar-refractivity contribution in [3.8, 4) is 0 Å². The molecule has 0 aliphatic rings. The number of hydrogen-bond acceptors (Lipinski definition) is 4. The van der Waals surface area contributed by atoms with Gasteiger partial charge in [-0.1, -0.05) is 34.6 Å². The van der Waals surface area contributed by atoms with Gasteiger partial charge in [0.2, 0.25) is 5.91 Å². The average molecular weight is 272 g/mol. The number of methoxy groups -OCH3 is 1. The fraction of sp³-hybridized carbons (Fsp3) is 0.857. The molecule has 0 bridgehead atoms. The highest BCUT2D eigenvalue weighted by Crippen LogP contribution is 2.19. The van der Waals surface area contributed by atoms with Crippen LogP contribution in [0.2, 0.25) is 0 Å². The van der Waals surface area contributed by atoms with Gasteiger partial charge in [0.25, 0.3) is 0 Å². The van der Waals surface area contributed by atoms with Gasteiger partial charge in [0.15, 0.2) is 0 Å². The predicted octanol–water partition coefficient (Wildman–Crippen LogP) is 1.45. The minimum Gasteiger partial charge on any atom is -0.467 e. The molecule has 0 aromatic heterocycles. The van der Waals surface area contributed by atoms with Crippen LogP contribution in [0.3, 0.4) is 0 Å². The van der Waals surface area contributed by atoms with Gasteiger partial charge in [-0.15, -0.1) is 0 Å². The van der Waals surface area contributed by atoms with Crippen LogP contribution in [0, 0.1) is 11.3 Å². The molecule has 0 spiro atoms. The third kappa shape index (κ3) is 7.15. The second-order valence-electron chi connectivity index (χ2n) is 6.45. The highest BCUT2D eigenvalue weighted by atomic mass is 16.5. The van der Waals surface area contributed by atoms with Crippen molar-refractivity contribution in [1.82, 2.24) is 5.32 Å². The number of carbonyl (C=O) groups is 2. The van der Waals surface area contributed by atoms with E-state index in [0.717, 1.165) is 0 Å². The van der Waals surface area contributed by atoms with E-state index in [2.05, 4.69) is 5.32 Å². The average Bonchev–Trinajstić information content (AvgIpc) is 2.24. The molecule has 1 unspecified atom stereocenters. The number of ether oxygens (including phenoxy) is 1. The van der Waals surface area contributed by atoms with E-state index < -0.39 is 12.0 Å². The lowest BCUT2D eigenvalue weighted by atomic mass is 9.85. The molecule has 5 heteroatoms. The first kappa shape index (κ1) is 17.9. The van der Waals surface area contributed by atoms with Crippen molar-refractivity contribution < 1.29 is 14.3 Å². The topological polar surface area (TPSA) is 81.4 Å². The van der Waals surface area contributed by atoms with Crippen molar-refractivity contribution in [1.29, 1.82) is 0 Å². The van der Waals surface area contributed by atoms with E-state index in [-0.39, 0.29) is 23.8 Å². The van der Waals surface area contributed by atoms with Gasteiger partial charge in [0.1, 0.15) is 6.04 Å². The normalized spacial score (nSPS) is 14.9. The Hall–Kier alpha value is -1.10. The van der Waals surface area contributed by atoms with Gasteiger partial charge in [0, 0.05) is 12.5 Å². The molecule has 0 rings (SSSR count). The number of carbonyl (C=O) groups excluding carboxylic acids is 2. The quantitative estimate of drug-likeness (QED) is 0.717. The van der Waals surface area contributed by atoms with Crippen molar-refractivity contribution in [3.63, 3.8) is 0 Å². The number of nitrogens with two attached hydrogens (primary N) is 1. The molecule has 0 aromatic carbocycles. The molecule has 0 saturated heterocycles. The molecule has 0 saturated carbocycles. The van der Waals surface area contributed by atoms with Crippen LogP contribution in [-0.2, 0) is 14.3 Å². The summed E-state index contributed by atoms with van der Waals surface area (Å²) < 4.78 is 4.70. The van der Waals surface area contributed by atoms with Gasteiger partial charge in [-0.05, 0) is 17.8 Å². The Balaban J connectivity index is 4.51. The lowest BCUT2D eigenvalue weighted by Gasteiger charge is -2.27. The molecule has 2 atom stereocenters. The van der Waals surface area contributed by atoms with Crippen LogP contribution in [0.1, 0.15) is 47.5 Å². The first-order valence-corrected chi connectivity index (χ1v) is 6.70. The Morgan fingerprint density at radius 1 is 1.26 bits per heavy atom. The highest BCUT2D eigenvalue weighted by Gasteiger charge is 2.27. The van der Waals surface area contributed by atoms with Crippen LogP contribution in [0.4, 0.5) is 0 Å². The van der Waals surface area contributed by atoms with Crippen LogP contribution in [0.15, 0.2) is 0 Å². The van der Waals surface area contributed by atoms with Crippen LogP contribution < -0.4 is 11.1 Å². The van der Waals surface area contributed by atoms with Gasteiger partial charge in [-0.3, -0.25) is 4.79 Å². The van der Waals surface area contributed by atoms with Crippen molar-refractivity contribution in [3.05, 3.63) is 0 Å². The molecule has 0 radical (unpaired) electrons. The fourth-order valence-corrected chi connectivity index (χ4v) is 1.59. The molecule has 0 aromatic rings. The maximum atomic E-state index is 11.9. The maximum absolute atomic E-state index is 11.9. The van der Waals surface area contributed by atoms with Crippen molar-refractivity contribution in [2.75, 3.05) is 7.11 Å². The number of nitrogens with one attached hydrogen (secondary N) is 1. The van der Waals surface area contributed by atoms with Crippen LogP contribution in [0.5, 0.6) is 0 Å². The molecular weight excluding hydrogens is 244 g/mol.